The number of nitrogen functional groups attached to an aromatic ring is 1. The van der Waals surface area contributed by atoms with Crippen LogP contribution in [0.2, 0.25) is 5.02 Å². The fourth-order valence-corrected chi connectivity index (χ4v) is 3.59. The summed E-state index contributed by atoms with van der Waals surface area (Å²) in [6.45, 7) is 6.03. The van der Waals surface area contributed by atoms with Gasteiger partial charge in [0.1, 0.15) is 5.75 Å². The zero-order valence-electron chi connectivity index (χ0n) is 19.9. The Labute approximate surface area is 206 Å². The lowest BCUT2D eigenvalue weighted by Gasteiger charge is -2.14. The Morgan fingerprint density at radius 3 is 2.37 bits per heavy atom. The van der Waals surface area contributed by atoms with Crippen molar-refractivity contribution in [3.05, 3.63) is 85.2 Å². The second-order valence-electron chi connectivity index (χ2n) is 7.67. The number of aryl methyl sites for hydroxylation is 1. The van der Waals surface area contributed by atoms with Gasteiger partial charge in [-0.3, -0.25) is 9.36 Å². The van der Waals surface area contributed by atoms with Gasteiger partial charge in [0.25, 0.3) is 0 Å². The summed E-state index contributed by atoms with van der Waals surface area (Å²) in [4.78, 5) is 42.6. The minimum Gasteiger partial charge on any atom is -0.492 e. The second kappa shape index (κ2) is 11.6. The maximum atomic E-state index is 13.4. The average Bonchev–Trinajstić information content (AvgIpc) is 2.83. The zero-order valence-corrected chi connectivity index (χ0v) is 20.6. The molecule has 0 amide bonds. The molecule has 0 aliphatic rings. The summed E-state index contributed by atoms with van der Waals surface area (Å²) in [5.74, 6) is 6.08. The molecule has 0 spiro atoms. The second-order valence-corrected chi connectivity index (χ2v) is 8.08. The van der Waals surface area contributed by atoms with Gasteiger partial charge < -0.3 is 15.3 Å². The van der Waals surface area contributed by atoms with Crippen LogP contribution in [0, 0.1) is 6.92 Å². The Balaban J connectivity index is 2.17. The van der Waals surface area contributed by atoms with Crippen molar-refractivity contribution in [1.82, 2.24) is 13.8 Å². The molecule has 2 N–H and O–H groups in total. The van der Waals surface area contributed by atoms with Crippen LogP contribution in [0.3, 0.4) is 0 Å². The average molecular weight is 502 g/mol. The number of carbonyl (C=O) groups excluding carboxylic acids is 1. The minimum absolute atomic E-state index is 0.0758. The Morgan fingerprint density at radius 2 is 1.74 bits per heavy atom. The highest BCUT2D eigenvalue weighted by Gasteiger charge is 2.15. The fourth-order valence-electron chi connectivity index (χ4n) is 3.36. The van der Waals surface area contributed by atoms with Crippen LogP contribution in [0.1, 0.15) is 31.4 Å². The summed E-state index contributed by atoms with van der Waals surface area (Å²) in [5, 5.41) is 0.326. The standard InChI is InChI=1S/C24H28ClN5O5/c1-4-34-20-11-10-18(14-19(20)25)27-22-29(15-17-8-6-16(3)7-9-17)23(32)28(24(33)30(22)26)13-12-21(31)35-5-2/h6-11,14H,4-5,12-13,15,26H2,1-3H3/b27-22-. The van der Waals surface area contributed by atoms with Crippen molar-refractivity contribution in [2.24, 2.45) is 4.99 Å². The Bertz CT molecular complexity index is 1390. The topological polar surface area (TPSA) is 123 Å². The SMILES string of the molecule is CCOC(=O)CCn1c(=O)n(N)/c(=N\c2ccc(OCC)c(Cl)c2)n(Cc2ccc(C)cc2)c1=O. The van der Waals surface area contributed by atoms with E-state index >= 15 is 0 Å². The van der Waals surface area contributed by atoms with Crippen molar-refractivity contribution in [1.29, 1.82) is 0 Å². The van der Waals surface area contributed by atoms with Crippen molar-refractivity contribution >= 4 is 23.3 Å². The van der Waals surface area contributed by atoms with E-state index in [1.165, 1.54) is 4.57 Å². The van der Waals surface area contributed by atoms with Gasteiger partial charge in [-0.15, -0.1) is 0 Å². The molecule has 186 valence electrons. The molecule has 35 heavy (non-hydrogen) atoms. The highest BCUT2D eigenvalue weighted by atomic mass is 35.5. The summed E-state index contributed by atoms with van der Waals surface area (Å²) >= 11 is 6.28. The van der Waals surface area contributed by atoms with Crippen LogP contribution in [0.15, 0.2) is 57.0 Å². The molecule has 0 unspecified atom stereocenters. The largest absolute Gasteiger partial charge is 0.492 e. The van der Waals surface area contributed by atoms with E-state index in [1.54, 1.807) is 25.1 Å². The van der Waals surface area contributed by atoms with Crippen LogP contribution in [0.4, 0.5) is 5.69 Å². The molecular formula is C24H28ClN5O5. The molecule has 1 aromatic heterocycles. The lowest BCUT2D eigenvalue weighted by atomic mass is 10.1. The zero-order chi connectivity index (χ0) is 25.5. The van der Waals surface area contributed by atoms with E-state index in [4.69, 9.17) is 26.9 Å². The number of ether oxygens (including phenoxy) is 2. The number of nitrogens with two attached hydrogens (primary N) is 1. The molecule has 3 rings (SSSR count). The molecule has 0 radical (unpaired) electrons. The quantitative estimate of drug-likeness (QED) is 0.354. The third-order valence-corrected chi connectivity index (χ3v) is 5.40. The van der Waals surface area contributed by atoms with Crippen molar-refractivity contribution in [2.75, 3.05) is 19.1 Å². The van der Waals surface area contributed by atoms with Crippen LogP contribution < -0.4 is 27.6 Å². The number of nitrogens with zero attached hydrogens (tertiary/aromatic N) is 4. The van der Waals surface area contributed by atoms with Crippen LogP contribution in [0.5, 0.6) is 5.75 Å². The summed E-state index contributed by atoms with van der Waals surface area (Å²) < 4.78 is 13.3. The number of aromatic nitrogens is 3. The third-order valence-electron chi connectivity index (χ3n) is 5.11. The first-order valence-corrected chi connectivity index (χ1v) is 11.5. The molecule has 3 aromatic rings. The van der Waals surface area contributed by atoms with Crippen molar-refractivity contribution in [3.8, 4) is 5.75 Å². The number of rotatable bonds is 9. The highest BCUT2D eigenvalue weighted by molar-refractivity contribution is 6.32. The van der Waals surface area contributed by atoms with Gasteiger partial charge in [-0.25, -0.2) is 19.1 Å². The molecule has 2 aromatic carbocycles. The number of halogens is 1. The Morgan fingerprint density at radius 1 is 1.03 bits per heavy atom. The molecule has 0 bridgehead atoms. The van der Waals surface area contributed by atoms with Gasteiger partial charge in [-0.1, -0.05) is 41.4 Å². The van der Waals surface area contributed by atoms with E-state index in [9.17, 15) is 14.4 Å². The van der Waals surface area contributed by atoms with Crippen molar-refractivity contribution in [2.45, 2.75) is 40.3 Å². The van der Waals surface area contributed by atoms with E-state index in [0.29, 0.717) is 23.1 Å². The summed E-state index contributed by atoms with van der Waals surface area (Å²) in [7, 11) is 0. The van der Waals surface area contributed by atoms with Gasteiger partial charge >= 0.3 is 17.3 Å². The van der Waals surface area contributed by atoms with E-state index in [1.807, 2.05) is 38.1 Å². The van der Waals surface area contributed by atoms with Gasteiger partial charge in [0.2, 0.25) is 5.62 Å². The summed E-state index contributed by atoms with van der Waals surface area (Å²) in [6.07, 6.45) is -0.154. The van der Waals surface area contributed by atoms with E-state index in [-0.39, 0.29) is 31.7 Å². The first kappa shape index (κ1) is 25.8. The Hall–Kier alpha value is -3.79. The first-order chi connectivity index (χ1) is 16.7. The van der Waals surface area contributed by atoms with Crippen molar-refractivity contribution in [3.63, 3.8) is 0 Å². The van der Waals surface area contributed by atoms with E-state index in [2.05, 4.69) is 4.99 Å². The lowest BCUT2D eigenvalue weighted by Crippen LogP contribution is -2.57. The predicted molar refractivity (Wildman–Crippen MR) is 132 cm³/mol. The minimum atomic E-state index is -0.810. The summed E-state index contributed by atoms with van der Waals surface area (Å²) in [5.41, 5.74) is 0.692. The Kier molecular flexibility index (Phi) is 8.53. The fraction of sp³-hybridized carbons (Fsp3) is 0.333. The number of benzene rings is 2. The van der Waals surface area contributed by atoms with Crippen LogP contribution in [-0.2, 0) is 22.6 Å². The number of hydrogen-bond donors (Lipinski definition) is 1. The molecule has 10 nitrogen and oxygen atoms in total. The maximum Gasteiger partial charge on any atom is 0.353 e. The molecule has 0 fully saturated rings. The number of carbonyl (C=O) groups is 1. The smallest absolute Gasteiger partial charge is 0.353 e. The van der Waals surface area contributed by atoms with Gasteiger partial charge in [0, 0.05) is 6.54 Å². The molecule has 0 aliphatic carbocycles. The maximum absolute atomic E-state index is 13.4. The molecule has 0 aliphatic heterocycles. The predicted octanol–water partition coefficient (Wildman–Crippen LogP) is 2.12. The van der Waals surface area contributed by atoms with Gasteiger partial charge in [0.05, 0.1) is 36.9 Å². The highest BCUT2D eigenvalue weighted by Crippen LogP contribution is 2.28. The van der Waals surface area contributed by atoms with Crippen molar-refractivity contribution < 1.29 is 14.3 Å². The molecular weight excluding hydrogens is 474 g/mol. The van der Waals surface area contributed by atoms with Crippen LogP contribution in [-0.4, -0.2) is 33.0 Å². The number of esters is 1. The first-order valence-electron chi connectivity index (χ1n) is 11.1. The molecule has 0 saturated carbocycles. The van der Waals surface area contributed by atoms with Gasteiger partial charge in [-0.05, 0) is 44.5 Å². The van der Waals surface area contributed by atoms with Crippen LogP contribution >= 0.6 is 11.6 Å². The van der Waals surface area contributed by atoms with Gasteiger partial charge in [0.15, 0.2) is 0 Å². The third kappa shape index (κ3) is 6.21. The lowest BCUT2D eigenvalue weighted by molar-refractivity contribution is -0.143. The monoisotopic (exact) mass is 501 g/mol. The molecule has 0 saturated heterocycles. The van der Waals surface area contributed by atoms with E-state index in [0.717, 1.165) is 20.4 Å². The molecule has 1 heterocycles. The van der Waals surface area contributed by atoms with Gasteiger partial charge in [-0.2, -0.15) is 4.68 Å². The van der Waals surface area contributed by atoms with Crippen LogP contribution in [0.25, 0.3) is 0 Å². The summed E-state index contributed by atoms with van der Waals surface area (Å²) in [6, 6.07) is 12.4. The molecule has 11 heteroatoms. The van der Waals surface area contributed by atoms with E-state index < -0.39 is 17.3 Å². The number of hydrogen-bond acceptors (Lipinski definition) is 7. The molecule has 0 atom stereocenters. The normalized spacial score (nSPS) is 11.5.